The largest absolute Gasteiger partial charge is 0.484 e. The predicted octanol–water partition coefficient (Wildman–Crippen LogP) is 3.60. The summed E-state index contributed by atoms with van der Waals surface area (Å²) in [6.07, 6.45) is -0.416. The first-order valence-corrected chi connectivity index (χ1v) is 11.3. The molecule has 1 aliphatic rings. The first kappa shape index (κ1) is 22.7. The third-order valence-electron chi connectivity index (χ3n) is 5.51. The maximum atomic E-state index is 12.9. The molecule has 33 heavy (non-hydrogen) atoms. The van der Waals surface area contributed by atoms with Gasteiger partial charge < -0.3 is 19.7 Å². The van der Waals surface area contributed by atoms with Crippen LogP contribution in [-0.4, -0.2) is 54.5 Å². The Morgan fingerprint density at radius 2 is 1.91 bits per heavy atom. The van der Waals surface area contributed by atoms with Crippen LogP contribution >= 0.6 is 0 Å². The highest BCUT2D eigenvalue weighted by Gasteiger charge is 2.28. The molecule has 1 saturated heterocycles. The third kappa shape index (κ3) is 5.68. The number of carbonyl (C=O) groups excluding carboxylic acids is 2. The lowest BCUT2D eigenvalue weighted by Crippen LogP contribution is -2.44. The smallest absolute Gasteiger partial charge is 0.260 e. The van der Waals surface area contributed by atoms with Gasteiger partial charge in [-0.2, -0.15) is 0 Å². The second-order valence-electron chi connectivity index (χ2n) is 8.52. The number of amides is 2. The minimum absolute atomic E-state index is 0.0370. The van der Waals surface area contributed by atoms with E-state index in [2.05, 4.69) is 19.2 Å². The number of carbonyl (C=O) groups is 2. The van der Waals surface area contributed by atoms with Crippen LogP contribution < -0.4 is 10.1 Å². The summed E-state index contributed by atoms with van der Waals surface area (Å²) in [5, 5.41) is 3.79. The third-order valence-corrected chi connectivity index (χ3v) is 5.51. The highest BCUT2D eigenvalue weighted by molar-refractivity contribution is 6.06. The van der Waals surface area contributed by atoms with Crippen molar-refractivity contribution in [2.75, 3.05) is 32.8 Å². The number of nitrogens with one attached hydrogen (secondary N) is 1. The molecule has 0 radical (unpaired) electrons. The Bertz CT molecular complexity index is 1120. The number of ether oxygens (including phenoxy) is 2. The molecule has 1 aromatic heterocycles. The number of benzene rings is 2. The minimum atomic E-state index is -0.416. The summed E-state index contributed by atoms with van der Waals surface area (Å²) in [5.41, 5.74) is 1.93. The Kier molecular flexibility index (Phi) is 7.19. The average Bonchev–Trinajstić information content (AvgIpc) is 2.85. The van der Waals surface area contributed by atoms with Crippen LogP contribution in [0, 0.1) is 5.92 Å². The second-order valence-corrected chi connectivity index (χ2v) is 8.52. The van der Waals surface area contributed by atoms with Crippen molar-refractivity contribution in [3.63, 3.8) is 0 Å². The molecule has 1 aliphatic heterocycles. The molecular weight excluding hydrogens is 418 g/mol. The van der Waals surface area contributed by atoms with Crippen molar-refractivity contribution in [2.45, 2.75) is 20.0 Å². The average molecular weight is 448 g/mol. The zero-order valence-electron chi connectivity index (χ0n) is 19.0. The van der Waals surface area contributed by atoms with Crippen LogP contribution in [0.3, 0.4) is 0 Å². The molecular formula is C26H29N3O4. The molecule has 7 heteroatoms. The zero-order valence-corrected chi connectivity index (χ0v) is 19.0. The number of hydrogen-bond donors (Lipinski definition) is 1. The van der Waals surface area contributed by atoms with Crippen LogP contribution in [-0.2, 0) is 9.53 Å². The van der Waals surface area contributed by atoms with Crippen LogP contribution in [0.2, 0.25) is 0 Å². The van der Waals surface area contributed by atoms with Gasteiger partial charge in [0.1, 0.15) is 11.9 Å². The van der Waals surface area contributed by atoms with E-state index in [9.17, 15) is 9.59 Å². The Hall–Kier alpha value is -3.45. The van der Waals surface area contributed by atoms with Crippen molar-refractivity contribution in [3.8, 4) is 5.75 Å². The van der Waals surface area contributed by atoms with E-state index in [0.717, 1.165) is 10.9 Å². The molecule has 172 valence electrons. The molecule has 0 saturated carbocycles. The highest BCUT2D eigenvalue weighted by atomic mass is 16.5. The van der Waals surface area contributed by atoms with E-state index >= 15 is 0 Å². The first-order valence-electron chi connectivity index (χ1n) is 11.3. The fourth-order valence-corrected chi connectivity index (χ4v) is 3.75. The highest BCUT2D eigenvalue weighted by Crippen LogP contribution is 2.26. The normalized spacial score (nSPS) is 16.1. The number of morpholine rings is 1. The first-order chi connectivity index (χ1) is 16.0. The van der Waals surface area contributed by atoms with E-state index in [1.54, 1.807) is 11.0 Å². The Balaban J connectivity index is 1.51. The summed E-state index contributed by atoms with van der Waals surface area (Å²) in [7, 11) is 0. The Morgan fingerprint density at radius 1 is 1.15 bits per heavy atom. The van der Waals surface area contributed by atoms with Gasteiger partial charge in [-0.3, -0.25) is 9.59 Å². The number of fused-ring (bicyclic) bond motifs is 1. The molecule has 7 nitrogen and oxygen atoms in total. The van der Waals surface area contributed by atoms with Crippen LogP contribution in [0.25, 0.3) is 10.9 Å². The lowest BCUT2D eigenvalue weighted by Gasteiger charge is -2.33. The van der Waals surface area contributed by atoms with E-state index in [4.69, 9.17) is 14.5 Å². The fraction of sp³-hybridized carbons (Fsp3) is 0.346. The van der Waals surface area contributed by atoms with E-state index < -0.39 is 6.10 Å². The van der Waals surface area contributed by atoms with E-state index in [1.165, 1.54) is 0 Å². The van der Waals surface area contributed by atoms with Gasteiger partial charge in [-0.05, 0) is 30.2 Å². The molecule has 0 bridgehead atoms. The van der Waals surface area contributed by atoms with Gasteiger partial charge in [0.15, 0.2) is 6.61 Å². The molecule has 1 atom stereocenters. The summed E-state index contributed by atoms with van der Waals surface area (Å²) in [6, 6.07) is 18.6. The maximum Gasteiger partial charge on any atom is 0.260 e. The van der Waals surface area contributed by atoms with Crippen LogP contribution in [0.5, 0.6) is 5.75 Å². The molecule has 3 aromatic rings. The van der Waals surface area contributed by atoms with Crippen molar-refractivity contribution < 1.29 is 19.1 Å². The predicted molar refractivity (Wildman–Crippen MR) is 126 cm³/mol. The van der Waals surface area contributed by atoms with Gasteiger partial charge in [-0.25, -0.2) is 4.98 Å². The minimum Gasteiger partial charge on any atom is -0.484 e. The topological polar surface area (TPSA) is 80.8 Å². The Labute approximate surface area is 193 Å². The summed E-state index contributed by atoms with van der Waals surface area (Å²) in [6.45, 7) is 5.90. The molecule has 2 amide bonds. The molecule has 1 unspecified atom stereocenters. The van der Waals surface area contributed by atoms with Gasteiger partial charge >= 0.3 is 0 Å². The maximum absolute atomic E-state index is 12.9. The van der Waals surface area contributed by atoms with Gasteiger partial charge in [-0.15, -0.1) is 0 Å². The van der Waals surface area contributed by atoms with Crippen molar-refractivity contribution in [2.24, 2.45) is 5.92 Å². The fourth-order valence-electron chi connectivity index (χ4n) is 3.75. The molecule has 4 rings (SSSR count). The van der Waals surface area contributed by atoms with Crippen LogP contribution in [0.15, 0.2) is 60.7 Å². The molecule has 0 spiro atoms. The van der Waals surface area contributed by atoms with Gasteiger partial charge in [-0.1, -0.05) is 50.2 Å². The summed E-state index contributed by atoms with van der Waals surface area (Å²) in [4.78, 5) is 32.2. The van der Waals surface area contributed by atoms with Crippen molar-refractivity contribution in [1.29, 1.82) is 0 Å². The molecule has 1 fully saturated rings. The quantitative estimate of drug-likeness (QED) is 0.599. The summed E-state index contributed by atoms with van der Waals surface area (Å²) in [5.74, 6) is 0.760. The zero-order chi connectivity index (χ0) is 23.2. The van der Waals surface area contributed by atoms with Crippen LogP contribution in [0.1, 0.15) is 36.0 Å². The van der Waals surface area contributed by atoms with E-state index in [1.807, 2.05) is 54.6 Å². The molecule has 0 aliphatic carbocycles. The number of para-hydroxylation sites is 2. The number of rotatable bonds is 7. The number of nitrogens with zero attached hydrogens (tertiary/aromatic N) is 2. The Morgan fingerprint density at radius 3 is 2.70 bits per heavy atom. The van der Waals surface area contributed by atoms with Gasteiger partial charge in [0.05, 0.1) is 29.9 Å². The number of pyridine rings is 1. The number of aromatic nitrogens is 1. The van der Waals surface area contributed by atoms with Gasteiger partial charge in [0.2, 0.25) is 0 Å². The summed E-state index contributed by atoms with van der Waals surface area (Å²) < 4.78 is 11.6. The van der Waals surface area contributed by atoms with E-state index in [0.29, 0.717) is 49.2 Å². The van der Waals surface area contributed by atoms with Crippen molar-refractivity contribution in [3.05, 3.63) is 71.9 Å². The van der Waals surface area contributed by atoms with Gasteiger partial charge in [0, 0.05) is 18.5 Å². The molecule has 1 N–H and O–H groups in total. The van der Waals surface area contributed by atoms with Crippen molar-refractivity contribution in [1.82, 2.24) is 15.2 Å². The second kappa shape index (κ2) is 10.4. The summed E-state index contributed by atoms with van der Waals surface area (Å²) >= 11 is 0. The monoisotopic (exact) mass is 447 g/mol. The molecule has 2 aromatic carbocycles. The SMILES string of the molecule is CC(C)CNC(=O)c1cc(C2CN(C(=O)COc3ccccc3)CCO2)nc2ccccc12. The van der Waals surface area contributed by atoms with Crippen molar-refractivity contribution >= 4 is 22.7 Å². The van der Waals surface area contributed by atoms with Gasteiger partial charge in [0.25, 0.3) is 11.8 Å². The number of hydrogen-bond acceptors (Lipinski definition) is 5. The standard InChI is InChI=1S/C26H29N3O4/c1-18(2)15-27-26(31)21-14-23(28-22-11-7-6-10-20(21)22)24-16-29(12-13-32-24)25(30)17-33-19-8-4-3-5-9-19/h3-11,14,18,24H,12-13,15-17H2,1-2H3,(H,27,31). The van der Waals surface area contributed by atoms with E-state index in [-0.39, 0.29) is 18.4 Å². The van der Waals surface area contributed by atoms with Crippen LogP contribution in [0.4, 0.5) is 0 Å². The lowest BCUT2D eigenvalue weighted by molar-refractivity contribution is -0.141. The molecule has 2 heterocycles. The lowest BCUT2D eigenvalue weighted by atomic mass is 10.0.